The van der Waals surface area contributed by atoms with Crippen molar-refractivity contribution in [2.24, 2.45) is 11.3 Å². The number of carboxylic acid groups (broad SMARTS) is 1. The molecule has 2 unspecified atom stereocenters. The summed E-state index contributed by atoms with van der Waals surface area (Å²) in [5, 5.41) is 11.4. The van der Waals surface area contributed by atoms with Crippen molar-refractivity contribution >= 4 is 12.0 Å². The molecule has 0 fully saturated rings. The molecule has 0 bridgehead atoms. The van der Waals surface area contributed by atoms with Gasteiger partial charge in [-0.1, -0.05) is 27.7 Å². The third-order valence-electron chi connectivity index (χ3n) is 3.61. The molecule has 0 aliphatic rings. The number of rotatable bonds is 6. The van der Waals surface area contributed by atoms with E-state index in [-0.39, 0.29) is 29.8 Å². The Hall–Kier alpha value is -1.26. The number of aliphatic carboxylic acids is 1. The van der Waals surface area contributed by atoms with Crippen LogP contribution < -0.4 is 5.32 Å². The van der Waals surface area contributed by atoms with E-state index in [1.54, 1.807) is 11.9 Å². The molecule has 0 rings (SSSR count). The minimum absolute atomic E-state index is 0.0288. The standard InChI is InChI=1S/C14H28N2O3/c1-10(7-8-12(17)18)9-15-13(19)16(6)11(2)14(3,4)5/h10-11H,7-9H2,1-6H3,(H,15,19)(H,17,18). The molecule has 112 valence electrons. The van der Waals surface area contributed by atoms with Crippen LogP contribution in [-0.4, -0.2) is 41.6 Å². The largest absolute Gasteiger partial charge is 0.481 e. The maximum Gasteiger partial charge on any atom is 0.317 e. The summed E-state index contributed by atoms with van der Waals surface area (Å²) < 4.78 is 0. The highest BCUT2D eigenvalue weighted by Gasteiger charge is 2.26. The lowest BCUT2D eigenvalue weighted by Crippen LogP contribution is -2.48. The van der Waals surface area contributed by atoms with Crippen LogP contribution in [0.5, 0.6) is 0 Å². The predicted molar refractivity (Wildman–Crippen MR) is 76.1 cm³/mol. The van der Waals surface area contributed by atoms with Gasteiger partial charge in [-0.2, -0.15) is 0 Å². The maximum atomic E-state index is 12.0. The van der Waals surface area contributed by atoms with Crippen LogP contribution in [-0.2, 0) is 4.79 Å². The molecule has 2 atom stereocenters. The predicted octanol–water partition coefficient (Wildman–Crippen LogP) is 2.56. The van der Waals surface area contributed by atoms with E-state index in [1.807, 2.05) is 13.8 Å². The maximum absolute atomic E-state index is 12.0. The number of urea groups is 1. The van der Waals surface area contributed by atoms with Gasteiger partial charge < -0.3 is 15.3 Å². The fourth-order valence-electron chi connectivity index (χ4n) is 1.62. The summed E-state index contributed by atoms with van der Waals surface area (Å²) in [5.74, 6) is -0.630. The van der Waals surface area contributed by atoms with Gasteiger partial charge in [-0.3, -0.25) is 4.79 Å². The van der Waals surface area contributed by atoms with Crippen LogP contribution in [0.2, 0.25) is 0 Å². The van der Waals surface area contributed by atoms with Crippen LogP contribution in [0.4, 0.5) is 4.79 Å². The lowest BCUT2D eigenvalue weighted by atomic mass is 9.87. The van der Waals surface area contributed by atoms with E-state index in [9.17, 15) is 9.59 Å². The average Bonchev–Trinajstić information content (AvgIpc) is 2.30. The van der Waals surface area contributed by atoms with Gasteiger partial charge in [0.25, 0.3) is 0 Å². The zero-order valence-electron chi connectivity index (χ0n) is 13.0. The molecule has 2 N–H and O–H groups in total. The van der Waals surface area contributed by atoms with Gasteiger partial charge in [-0.15, -0.1) is 0 Å². The Morgan fingerprint density at radius 3 is 2.21 bits per heavy atom. The van der Waals surface area contributed by atoms with Crippen LogP contribution in [0.25, 0.3) is 0 Å². The quantitative estimate of drug-likeness (QED) is 0.780. The number of nitrogens with one attached hydrogen (secondary N) is 1. The summed E-state index contributed by atoms with van der Waals surface area (Å²) in [4.78, 5) is 24.1. The smallest absolute Gasteiger partial charge is 0.317 e. The zero-order chi connectivity index (χ0) is 15.2. The summed E-state index contributed by atoms with van der Waals surface area (Å²) in [6.07, 6.45) is 0.722. The molecule has 0 spiro atoms. The third-order valence-corrected chi connectivity index (χ3v) is 3.61. The van der Waals surface area contributed by atoms with Gasteiger partial charge in [-0.05, 0) is 24.7 Å². The molecule has 0 aromatic rings. The summed E-state index contributed by atoms with van der Waals surface area (Å²) in [6, 6.07) is 0.0198. The van der Waals surface area contributed by atoms with Crippen LogP contribution in [0, 0.1) is 11.3 Å². The van der Waals surface area contributed by atoms with Crippen LogP contribution >= 0.6 is 0 Å². The number of carboxylic acids is 1. The molecule has 0 saturated carbocycles. The highest BCUT2D eigenvalue weighted by Crippen LogP contribution is 2.22. The van der Waals surface area contributed by atoms with Gasteiger partial charge in [0.15, 0.2) is 0 Å². The molecule has 5 nitrogen and oxygen atoms in total. The number of hydrogen-bond acceptors (Lipinski definition) is 2. The topological polar surface area (TPSA) is 69.6 Å². The number of nitrogens with zero attached hydrogens (tertiary/aromatic N) is 1. The molecule has 5 heteroatoms. The van der Waals surface area contributed by atoms with Gasteiger partial charge in [0.1, 0.15) is 0 Å². The second-order valence-electron chi connectivity index (χ2n) is 6.38. The second-order valence-corrected chi connectivity index (χ2v) is 6.38. The summed E-state index contributed by atoms with van der Waals surface area (Å²) in [6.45, 7) is 10.8. The van der Waals surface area contributed by atoms with Crippen LogP contribution in [0.15, 0.2) is 0 Å². The monoisotopic (exact) mass is 272 g/mol. The summed E-state index contributed by atoms with van der Waals surface area (Å²) in [7, 11) is 1.78. The molecule has 0 saturated heterocycles. The van der Waals surface area contributed by atoms with E-state index in [2.05, 4.69) is 26.1 Å². The van der Waals surface area contributed by atoms with Crippen molar-refractivity contribution < 1.29 is 14.7 Å². The lowest BCUT2D eigenvalue weighted by molar-refractivity contribution is -0.137. The van der Waals surface area contributed by atoms with Crippen LogP contribution in [0.3, 0.4) is 0 Å². The molecule has 19 heavy (non-hydrogen) atoms. The van der Waals surface area contributed by atoms with E-state index < -0.39 is 5.97 Å². The minimum Gasteiger partial charge on any atom is -0.481 e. The first-order chi connectivity index (χ1) is 8.55. The summed E-state index contributed by atoms with van der Waals surface area (Å²) >= 11 is 0. The first kappa shape index (κ1) is 17.7. The molecule has 2 amide bonds. The van der Waals surface area contributed by atoms with E-state index in [0.717, 1.165) is 0 Å². The van der Waals surface area contributed by atoms with Crippen molar-refractivity contribution in [2.45, 2.75) is 53.5 Å². The van der Waals surface area contributed by atoms with Crippen molar-refractivity contribution in [2.75, 3.05) is 13.6 Å². The molecule has 0 heterocycles. The molecule has 0 aromatic carbocycles. The van der Waals surface area contributed by atoms with Gasteiger partial charge in [0, 0.05) is 26.1 Å². The molecule has 0 aliphatic carbocycles. The first-order valence-corrected chi connectivity index (χ1v) is 6.78. The van der Waals surface area contributed by atoms with Gasteiger partial charge in [-0.25, -0.2) is 4.79 Å². The van der Waals surface area contributed by atoms with E-state index in [4.69, 9.17) is 5.11 Å². The normalized spacial score (nSPS) is 14.6. The van der Waals surface area contributed by atoms with Crippen molar-refractivity contribution in [1.29, 1.82) is 0 Å². The van der Waals surface area contributed by atoms with Gasteiger partial charge >= 0.3 is 12.0 Å². The van der Waals surface area contributed by atoms with Crippen molar-refractivity contribution in [3.8, 4) is 0 Å². The van der Waals surface area contributed by atoms with E-state index in [0.29, 0.717) is 13.0 Å². The Labute approximate surface area is 116 Å². The number of hydrogen-bond donors (Lipinski definition) is 2. The highest BCUT2D eigenvalue weighted by molar-refractivity contribution is 5.74. The zero-order valence-corrected chi connectivity index (χ0v) is 13.0. The number of carbonyl (C=O) groups is 2. The van der Waals surface area contributed by atoms with Crippen LogP contribution in [0.1, 0.15) is 47.5 Å². The Morgan fingerprint density at radius 2 is 1.79 bits per heavy atom. The molecule has 0 radical (unpaired) electrons. The second kappa shape index (κ2) is 7.36. The first-order valence-electron chi connectivity index (χ1n) is 6.78. The molecular formula is C14H28N2O3. The Balaban J connectivity index is 4.14. The Morgan fingerprint density at radius 1 is 1.26 bits per heavy atom. The fraction of sp³-hybridized carbons (Fsp3) is 0.857. The highest BCUT2D eigenvalue weighted by atomic mass is 16.4. The molecule has 0 aromatic heterocycles. The Bertz CT molecular complexity index is 310. The van der Waals surface area contributed by atoms with Crippen molar-refractivity contribution in [3.05, 3.63) is 0 Å². The summed E-state index contributed by atoms with van der Waals surface area (Å²) in [5.41, 5.74) is 0.0288. The van der Waals surface area contributed by atoms with Gasteiger partial charge in [0.2, 0.25) is 0 Å². The average molecular weight is 272 g/mol. The fourth-order valence-corrected chi connectivity index (χ4v) is 1.62. The lowest BCUT2D eigenvalue weighted by Gasteiger charge is -2.35. The number of carbonyl (C=O) groups excluding carboxylic acids is 1. The van der Waals surface area contributed by atoms with Crippen molar-refractivity contribution in [3.63, 3.8) is 0 Å². The molecule has 0 aliphatic heterocycles. The molecular weight excluding hydrogens is 244 g/mol. The third kappa shape index (κ3) is 7.03. The SMILES string of the molecule is CC(CCC(=O)O)CNC(=O)N(C)C(C)C(C)(C)C. The Kier molecular flexibility index (Phi) is 6.87. The minimum atomic E-state index is -0.795. The van der Waals surface area contributed by atoms with Crippen molar-refractivity contribution in [1.82, 2.24) is 10.2 Å². The van der Waals surface area contributed by atoms with Gasteiger partial charge in [0.05, 0.1) is 0 Å². The van der Waals surface area contributed by atoms with E-state index >= 15 is 0 Å². The van der Waals surface area contributed by atoms with E-state index in [1.165, 1.54) is 0 Å². The number of amides is 2.